The molecule has 5 nitrogen and oxygen atoms in total. The van der Waals surface area contributed by atoms with Gasteiger partial charge >= 0.3 is 0 Å². The van der Waals surface area contributed by atoms with Gasteiger partial charge in [0.25, 0.3) is 5.91 Å². The van der Waals surface area contributed by atoms with Crippen LogP contribution in [0.3, 0.4) is 0 Å². The second kappa shape index (κ2) is 7.41. The minimum atomic E-state index is 0.00776. The van der Waals surface area contributed by atoms with E-state index in [1.807, 2.05) is 25.4 Å². The van der Waals surface area contributed by atoms with E-state index < -0.39 is 0 Å². The van der Waals surface area contributed by atoms with E-state index in [9.17, 15) is 4.79 Å². The largest absolute Gasteiger partial charge is 0.368 e. The summed E-state index contributed by atoms with van der Waals surface area (Å²) in [5.74, 6) is 0.00776. The predicted molar refractivity (Wildman–Crippen MR) is 85.8 cm³/mol. The van der Waals surface area contributed by atoms with Crippen LogP contribution in [0.1, 0.15) is 30.3 Å². The van der Waals surface area contributed by atoms with Crippen molar-refractivity contribution in [2.75, 3.05) is 51.7 Å². The summed E-state index contributed by atoms with van der Waals surface area (Å²) in [6.07, 6.45) is 3.95. The lowest BCUT2D eigenvalue weighted by molar-refractivity contribution is 0.0787. The molecule has 0 saturated carbocycles. The minimum Gasteiger partial charge on any atom is -0.368 e. The standard InChI is InChI=1S/C16H26N4O/c1-4-5-8-19(3)16(21)15-7-6-14(13-17-15)20-11-9-18(2)10-12-20/h6-7,13H,4-5,8-12H2,1-3H3. The van der Waals surface area contributed by atoms with Crippen molar-refractivity contribution in [3.8, 4) is 0 Å². The van der Waals surface area contributed by atoms with Crippen LogP contribution in [0, 0.1) is 0 Å². The second-order valence-corrected chi connectivity index (χ2v) is 5.77. The molecular weight excluding hydrogens is 264 g/mol. The number of aromatic nitrogens is 1. The van der Waals surface area contributed by atoms with Crippen LogP contribution < -0.4 is 4.90 Å². The highest BCUT2D eigenvalue weighted by atomic mass is 16.2. The van der Waals surface area contributed by atoms with Gasteiger partial charge in [0.2, 0.25) is 0 Å². The molecule has 0 N–H and O–H groups in total. The van der Waals surface area contributed by atoms with Gasteiger partial charge in [-0.05, 0) is 25.6 Å². The molecule has 1 aliphatic rings. The molecule has 0 bridgehead atoms. The van der Waals surface area contributed by atoms with Crippen LogP contribution in [-0.2, 0) is 0 Å². The first-order chi connectivity index (χ1) is 10.1. The molecule has 0 aliphatic carbocycles. The van der Waals surface area contributed by atoms with Crippen molar-refractivity contribution in [2.45, 2.75) is 19.8 Å². The number of anilines is 1. The molecule has 2 heterocycles. The Hall–Kier alpha value is -1.62. The van der Waals surface area contributed by atoms with Gasteiger partial charge < -0.3 is 14.7 Å². The van der Waals surface area contributed by atoms with Crippen molar-refractivity contribution in [3.63, 3.8) is 0 Å². The highest BCUT2D eigenvalue weighted by Gasteiger charge is 2.16. The summed E-state index contributed by atoms with van der Waals surface area (Å²) in [5.41, 5.74) is 1.64. The molecule has 5 heteroatoms. The SMILES string of the molecule is CCCCN(C)C(=O)c1ccc(N2CCN(C)CC2)cn1. The highest BCUT2D eigenvalue weighted by Crippen LogP contribution is 2.15. The number of amides is 1. The predicted octanol–water partition coefficient (Wildman–Crippen LogP) is 1.71. The average Bonchev–Trinajstić information content (AvgIpc) is 2.53. The number of hydrogen-bond donors (Lipinski definition) is 0. The van der Waals surface area contributed by atoms with Gasteiger partial charge in [-0.3, -0.25) is 4.79 Å². The summed E-state index contributed by atoms with van der Waals surface area (Å²) in [7, 11) is 3.98. The number of piperazine rings is 1. The molecule has 1 amide bonds. The van der Waals surface area contributed by atoms with Crippen LogP contribution >= 0.6 is 0 Å². The first-order valence-electron chi connectivity index (χ1n) is 7.77. The minimum absolute atomic E-state index is 0.00776. The molecular formula is C16H26N4O. The lowest BCUT2D eigenvalue weighted by Gasteiger charge is -2.33. The summed E-state index contributed by atoms with van der Waals surface area (Å²) in [4.78, 5) is 23.0. The number of carbonyl (C=O) groups is 1. The van der Waals surface area contributed by atoms with Crippen LogP contribution in [0.4, 0.5) is 5.69 Å². The molecule has 1 aromatic heterocycles. The van der Waals surface area contributed by atoms with Crippen molar-refractivity contribution in [3.05, 3.63) is 24.0 Å². The summed E-state index contributed by atoms with van der Waals surface area (Å²) in [5, 5.41) is 0. The maximum absolute atomic E-state index is 12.2. The highest BCUT2D eigenvalue weighted by molar-refractivity contribution is 5.92. The smallest absolute Gasteiger partial charge is 0.272 e. The van der Waals surface area contributed by atoms with Crippen molar-refractivity contribution < 1.29 is 4.79 Å². The number of unbranched alkanes of at least 4 members (excludes halogenated alkanes) is 1. The Morgan fingerprint density at radius 3 is 2.57 bits per heavy atom. The van der Waals surface area contributed by atoms with Crippen molar-refractivity contribution >= 4 is 11.6 Å². The zero-order valence-electron chi connectivity index (χ0n) is 13.4. The third-order valence-electron chi connectivity index (χ3n) is 4.03. The molecule has 1 fully saturated rings. The van der Waals surface area contributed by atoms with E-state index in [2.05, 4.69) is 28.8 Å². The Morgan fingerprint density at radius 1 is 1.29 bits per heavy atom. The van der Waals surface area contributed by atoms with Crippen LogP contribution in [-0.4, -0.2) is 67.5 Å². The van der Waals surface area contributed by atoms with Gasteiger partial charge in [-0.1, -0.05) is 13.3 Å². The lowest BCUT2D eigenvalue weighted by Crippen LogP contribution is -2.44. The second-order valence-electron chi connectivity index (χ2n) is 5.77. The Morgan fingerprint density at radius 2 is 2.00 bits per heavy atom. The first kappa shape index (κ1) is 15.8. The Labute approximate surface area is 127 Å². The molecule has 0 atom stereocenters. The van der Waals surface area contributed by atoms with E-state index in [1.165, 1.54) is 0 Å². The van der Waals surface area contributed by atoms with Gasteiger partial charge in [-0.25, -0.2) is 4.98 Å². The summed E-state index contributed by atoms with van der Waals surface area (Å²) in [6.45, 7) is 7.09. The third kappa shape index (κ3) is 4.17. The van der Waals surface area contributed by atoms with Gasteiger partial charge in [-0.15, -0.1) is 0 Å². The number of pyridine rings is 1. The Bertz CT molecular complexity index is 452. The molecule has 0 spiro atoms. The number of rotatable bonds is 5. The van der Waals surface area contributed by atoms with Crippen molar-refractivity contribution in [1.82, 2.24) is 14.8 Å². The number of carbonyl (C=O) groups excluding carboxylic acids is 1. The molecule has 1 saturated heterocycles. The van der Waals surface area contributed by atoms with E-state index in [4.69, 9.17) is 0 Å². The fourth-order valence-electron chi connectivity index (χ4n) is 2.46. The van der Waals surface area contributed by atoms with Crippen LogP contribution in [0.15, 0.2) is 18.3 Å². The zero-order chi connectivity index (χ0) is 15.2. The van der Waals surface area contributed by atoms with Crippen molar-refractivity contribution in [1.29, 1.82) is 0 Å². The van der Waals surface area contributed by atoms with E-state index in [0.29, 0.717) is 5.69 Å². The van der Waals surface area contributed by atoms with Crippen LogP contribution in [0.25, 0.3) is 0 Å². The van der Waals surface area contributed by atoms with E-state index in [1.54, 1.807) is 4.90 Å². The van der Waals surface area contributed by atoms with Crippen LogP contribution in [0.2, 0.25) is 0 Å². The summed E-state index contributed by atoms with van der Waals surface area (Å²) in [6, 6.07) is 3.86. The zero-order valence-corrected chi connectivity index (χ0v) is 13.4. The molecule has 1 aliphatic heterocycles. The maximum atomic E-state index is 12.2. The quantitative estimate of drug-likeness (QED) is 0.827. The fraction of sp³-hybridized carbons (Fsp3) is 0.625. The maximum Gasteiger partial charge on any atom is 0.272 e. The van der Waals surface area contributed by atoms with Gasteiger partial charge in [0.05, 0.1) is 11.9 Å². The normalized spacial score (nSPS) is 16.0. The van der Waals surface area contributed by atoms with Gasteiger partial charge in [-0.2, -0.15) is 0 Å². The van der Waals surface area contributed by atoms with Crippen LogP contribution in [0.5, 0.6) is 0 Å². The number of likely N-dealkylation sites (N-methyl/N-ethyl adjacent to an activating group) is 1. The van der Waals surface area contributed by atoms with E-state index >= 15 is 0 Å². The molecule has 0 unspecified atom stereocenters. The first-order valence-corrected chi connectivity index (χ1v) is 7.77. The molecule has 21 heavy (non-hydrogen) atoms. The third-order valence-corrected chi connectivity index (χ3v) is 4.03. The average molecular weight is 290 g/mol. The van der Waals surface area contributed by atoms with Gasteiger partial charge in [0.1, 0.15) is 5.69 Å². The molecule has 116 valence electrons. The van der Waals surface area contributed by atoms with Crippen molar-refractivity contribution in [2.24, 2.45) is 0 Å². The molecule has 0 radical (unpaired) electrons. The van der Waals surface area contributed by atoms with Gasteiger partial charge in [0.15, 0.2) is 0 Å². The van der Waals surface area contributed by atoms with E-state index in [0.717, 1.165) is 51.3 Å². The lowest BCUT2D eigenvalue weighted by atomic mass is 10.2. The number of hydrogen-bond acceptors (Lipinski definition) is 4. The Balaban J connectivity index is 1.96. The molecule has 2 rings (SSSR count). The topological polar surface area (TPSA) is 39.7 Å². The molecule has 1 aromatic rings. The fourth-order valence-corrected chi connectivity index (χ4v) is 2.46. The Kier molecular flexibility index (Phi) is 5.56. The van der Waals surface area contributed by atoms with E-state index in [-0.39, 0.29) is 5.91 Å². The molecule has 0 aromatic carbocycles. The summed E-state index contributed by atoms with van der Waals surface area (Å²) < 4.78 is 0. The number of nitrogens with zero attached hydrogens (tertiary/aromatic N) is 4. The monoisotopic (exact) mass is 290 g/mol. The summed E-state index contributed by atoms with van der Waals surface area (Å²) >= 11 is 0. The van der Waals surface area contributed by atoms with Gasteiger partial charge in [0, 0.05) is 39.8 Å².